The van der Waals surface area contributed by atoms with Gasteiger partial charge in [-0.25, -0.2) is 0 Å². The molecule has 1 N–H and O–H groups in total. The molecule has 0 spiro atoms. The fraction of sp³-hybridized carbons (Fsp3) is 0.600. The fourth-order valence-corrected chi connectivity index (χ4v) is 2.63. The molecule has 3 atom stereocenters. The SMILES string of the molecule is CC1OCCC1N(C)CCC(O)c1ccccc1. The summed E-state index contributed by atoms with van der Waals surface area (Å²) in [6.45, 7) is 3.88. The van der Waals surface area contributed by atoms with Gasteiger partial charge in [-0.2, -0.15) is 0 Å². The van der Waals surface area contributed by atoms with E-state index in [1.54, 1.807) is 0 Å². The molecular formula is C15H23NO2. The van der Waals surface area contributed by atoms with Gasteiger partial charge in [-0.15, -0.1) is 0 Å². The van der Waals surface area contributed by atoms with Gasteiger partial charge >= 0.3 is 0 Å². The standard InChI is InChI=1S/C15H23NO2/c1-12-14(9-11-18-12)16(2)10-8-15(17)13-6-4-3-5-7-13/h3-7,12,14-15,17H,8-11H2,1-2H3. The number of nitrogens with zero attached hydrogens (tertiary/aromatic N) is 1. The molecule has 3 heteroatoms. The molecule has 2 rings (SSSR count). The highest BCUT2D eigenvalue weighted by Crippen LogP contribution is 2.21. The van der Waals surface area contributed by atoms with Crippen LogP contribution in [0.4, 0.5) is 0 Å². The third-order valence-electron chi connectivity index (χ3n) is 3.84. The normalized spacial score (nSPS) is 25.6. The van der Waals surface area contributed by atoms with Crippen LogP contribution < -0.4 is 0 Å². The van der Waals surface area contributed by atoms with Gasteiger partial charge in [-0.3, -0.25) is 0 Å². The van der Waals surface area contributed by atoms with Crippen molar-refractivity contribution >= 4 is 0 Å². The Hall–Kier alpha value is -0.900. The summed E-state index contributed by atoms with van der Waals surface area (Å²) in [6.07, 6.45) is 1.80. The molecule has 1 aliphatic heterocycles. The topological polar surface area (TPSA) is 32.7 Å². The van der Waals surface area contributed by atoms with Gasteiger partial charge in [-0.05, 0) is 32.4 Å². The molecule has 1 aromatic rings. The first-order chi connectivity index (χ1) is 8.68. The second-order valence-electron chi connectivity index (χ2n) is 5.13. The quantitative estimate of drug-likeness (QED) is 0.868. The first kappa shape index (κ1) is 13.5. The third-order valence-corrected chi connectivity index (χ3v) is 3.84. The average molecular weight is 249 g/mol. The Bertz CT molecular complexity index is 355. The Morgan fingerprint density at radius 1 is 1.39 bits per heavy atom. The van der Waals surface area contributed by atoms with Crippen molar-refractivity contribution in [3.05, 3.63) is 35.9 Å². The molecule has 3 nitrogen and oxygen atoms in total. The van der Waals surface area contributed by atoms with Gasteiger partial charge in [0.15, 0.2) is 0 Å². The molecule has 18 heavy (non-hydrogen) atoms. The lowest BCUT2D eigenvalue weighted by Gasteiger charge is -2.27. The minimum absolute atomic E-state index is 0.309. The fourth-order valence-electron chi connectivity index (χ4n) is 2.63. The molecule has 3 unspecified atom stereocenters. The number of ether oxygens (including phenoxy) is 1. The summed E-state index contributed by atoms with van der Waals surface area (Å²) in [5.41, 5.74) is 1.00. The largest absolute Gasteiger partial charge is 0.388 e. The van der Waals surface area contributed by atoms with Crippen LogP contribution >= 0.6 is 0 Å². The molecule has 0 amide bonds. The maximum atomic E-state index is 10.1. The molecule has 1 heterocycles. The van der Waals surface area contributed by atoms with E-state index >= 15 is 0 Å². The molecule has 0 radical (unpaired) electrons. The number of rotatable bonds is 5. The Kier molecular flexibility index (Phi) is 4.75. The molecule has 1 saturated heterocycles. The molecule has 100 valence electrons. The summed E-state index contributed by atoms with van der Waals surface area (Å²) in [7, 11) is 2.12. The van der Waals surface area contributed by atoms with E-state index in [9.17, 15) is 5.11 Å². The van der Waals surface area contributed by atoms with Crippen LogP contribution in [-0.4, -0.2) is 42.4 Å². The van der Waals surface area contributed by atoms with Gasteiger partial charge in [0.05, 0.1) is 12.2 Å². The van der Waals surface area contributed by atoms with Crippen LogP contribution in [0.2, 0.25) is 0 Å². The average Bonchev–Trinajstić information content (AvgIpc) is 2.83. The molecule has 0 saturated carbocycles. The first-order valence-corrected chi connectivity index (χ1v) is 6.73. The van der Waals surface area contributed by atoms with Gasteiger partial charge < -0.3 is 14.7 Å². The zero-order valence-electron chi connectivity index (χ0n) is 11.2. The second kappa shape index (κ2) is 6.32. The number of hydrogen-bond acceptors (Lipinski definition) is 3. The van der Waals surface area contributed by atoms with E-state index in [2.05, 4.69) is 18.9 Å². The number of aliphatic hydroxyl groups excluding tert-OH is 1. The minimum atomic E-state index is -0.369. The van der Waals surface area contributed by atoms with E-state index in [1.165, 1.54) is 0 Å². The van der Waals surface area contributed by atoms with Gasteiger partial charge in [0, 0.05) is 19.2 Å². The van der Waals surface area contributed by atoms with Crippen LogP contribution in [0.1, 0.15) is 31.4 Å². The molecule has 0 bridgehead atoms. The van der Waals surface area contributed by atoms with Crippen LogP contribution in [0, 0.1) is 0 Å². The van der Waals surface area contributed by atoms with Crippen molar-refractivity contribution in [1.29, 1.82) is 0 Å². The summed E-state index contributed by atoms with van der Waals surface area (Å²) in [6, 6.07) is 10.4. The van der Waals surface area contributed by atoms with Gasteiger partial charge in [0.25, 0.3) is 0 Å². The van der Waals surface area contributed by atoms with Crippen molar-refractivity contribution in [3.8, 4) is 0 Å². The highest BCUT2D eigenvalue weighted by atomic mass is 16.5. The lowest BCUT2D eigenvalue weighted by atomic mass is 10.1. The van der Waals surface area contributed by atoms with E-state index in [0.29, 0.717) is 12.1 Å². The van der Waals surface area contributed by atoms with Crippen molar-refractivity contribution < 1.29 is 9.84 Å². The molecule has 0 aliphatic carbocycles. The lowest BCUT2D eigenvalue weighted by molar-refractivity contribution is 0.0749. The molecule has 1 fully saturated rings. The zero-order valence-corrected chi connectivity index (χ0v) is 11.2. The van der Waals surface area contributed by atoms with Crippen LogP contribution in [0.5, 0.6) is 0 Å². The number of benzene rings is 1. The van der Waals surface area contributed by atoms with Gasteiger partial charge in [-0.1, -0.05) is 30.3 Å². The maximum absolute atomic E-state index is 10.1. The minimum Gasteiger partial charge on any atom is -0.388 e. The summed E-state index contributed by atoms with van der Waals surface area (Å²) >= 11 is 0. The highest BCUT2D eigenvalue weighted by Gasteiger charge is 2.27. The Morgan fingerprint density at radius 3 is 2.72 bits per heavy atom. The second-order valence-corrected chi connectivity index (χ2v) is 5.13. The van der Waals surface area contributed by atoms with Gasteiger partial charge in [0.1, 0.15) is 0 Å². The summed E-state index contributed by atoms with van der Waals surface area (Å²) in [5, 5.41) is 10.1. The zero-order chi connectivity index (χ0) is 13.0. The predicted molar refractivity (Wildman–Crippen MR) is 72.5 cm³/mol. The van der Waals surface area contributed by atoms with Crippen LogP contribution in [0.15, 0.2) is 30.3 Å². The number of likely N-dealkylation sites (N-methyl/N-ethyl adjacent to an activating group) is 1. The summed E-state index contributed by atoms with van der Waals surface area (Å²) < 4.78 is 5.57. The lowest BCUT2D eigenvalue weighted by Crippen LogP contribution is -2.37. The summed E-state index contributed by atoms with van der Waals surface area (Å²) in [5.74, 6) is 0. The van der Waals surface area contributed by atoms with Crippen molar-refractivity contribution in [2.75, 3.05) is 20.2 Å². The van der Waals surface area contributed by atoms with Crippen molar-refractivity contribution in [1.82, 2.24) is 4.90 Å². The van der Waals surface area contributed by atoms with Crippen molar-refractivity contribution in [2.24, 2.45) is 0 Å². The monoisotopic (exact) mass is 249 g/mol. The molecule has 1 aliphatic rings. The van der Waals surface area contributed by atoms with E-state index in [4.69, 9.17) is 4.74 Å². The van der Waals surface area contributed by atoms with E-state index < -0.39 is 0 Å². The Morgan fingerprint density at radius 2 is 2.11 bits per heavy atom. The third kappa shape index (κ3) is 3.31. The first-order valence-electron chi connectivity index (χ1n) is 6.73. The van der Waals surface area contributed by atoms with E-state index in [-0.39, 0.29) is 6.10 Å². The van der Waals surface area contributed by atoms with E-state index in [0.717, 1.165) is 31.6 Å². The van der Waals surface area contributed by atoms with Gasteiger partial charge in [0.2, 0.25) is 0 Å². The van der Waals surface area contributed by atoms with Crippen LogP contribution in [0.3, 0.4) is 0 Å². The Labute approximate surface area is 109 Å². The summed E-state index contributed by atoms with van der Waals surface area (Å²) in [4.78, 5) is 2.31. The number of aliphatic hydroxyl groups is 1. The van der Waals surface area contributed by atoms with Crippen LogP contribution in [0.25, 0.3) is 0 Å². The van der Waals surface area contributed by atoms with E-state index in [1.807, 2.05) is 30.3 Å². The predicted octanol–water partition coefficient (Wildman–Crippen LogP) is 2.22. The Balaban J connectivity index is 1.80. The maximum Gasteiger partial charge on any atom is 0.0802 e. The highest BCUT2D eigenvalue weighted by molar-refractivity contribution is 5.17. The van der Waals surface area contributed by atoms with Crippen molar-refractivity contribution in [3.63, 3.8) is 0 Å². The molecule has 0 aromatic heterocycles. The number of hydrogen-bond donors (Lipinski definition) is 1. The van der Waals surface area contributed by atoms with Crippen molar-refractivity contribution in [2.45, 2.75) is 38.0 Å². The molecular weight excluding hydrogens is 226 g/mol. The smallest absolute Gasteiger partial charge is 0.0802 e. The van der Waals surface area contributed by atoms with Crippen LogP contribution in [-0.2, 0) is 4.74 Å². The molecule has 1 aromatic carbocycles.